The number of hydrogen-bond acceptors (Lipinski definition) is 7. The van der Waals surface area contributed by atoms with E-state index in [9.17, 15) is 9.59 Å². The number of carbonyl (C=O) groups is 2. The molecule has 0 bridgehead atoms. The van der Waals surface area contributed by atoms with E-state index < -0.39 is 17.9 Å². The minimum atomic E-state index is -0.627. The van der Waals surface area contributed by atoms with Crippen molar-refractivity contribution in [3.63, 3.8) is 0 Å². The van der Waals surface area contributed by atoms with Crippen molar-refractivity contribution in [2.75, 3.05) is 6.61 Å². The Labute approximate surface area is 177 Å². The molecule has 10 heteroatoms. The van der Waals surface area contributed by atoms with Crippen LogP contribution in [0.25, 0.3) is 11.4 Å². The Morgan fingerprint density at radius 3 is 1.97 bits per heavy atom. The number of benzene rings is 2. The van der Waals surface area contributed by atoms with Crippen molar-refractivity contribution in [1.82, 2.24) is 35.3 Å². The van der Waals surface area contributed by atoms with E-state index in [0.717, 1.165) is 11.4 Å². The van der Waals surface area contributed by atoms with Gasteiger partial charge < -0.3 is 10.1 Å². The van der Waals surface area contributed by atoms with E-state index in [0.29, 0.717) is 0 Å². The molecule has 0 aliphatic heterocycles. The molecule has 10 nitrogen and oxygen atoms in total. The van der Waals surface area contributed by atoms with Crippen molar-refractivity contribution in [2.45, 2.75) is 13.0 Å². The number of amides is 1. The molecule has 1 amide bonds. The predicted molar refractivity (Wildman–Crippen MR) is 110 cm³/mol. The highest BCUT2D eigenvalue weighted by molar-refractivity contribution is 5.92. The second kappa shape index (κ2) is 8.99. The lowest BCUT2D eigenvalue weighted by atomic mass is 10.3. The van der Waals surface area contributed by atoms with Gasteiger partial charge in [0, 0.05) is 0 Å². The highest BCUT2D eigenvalue weighted by atomic mass is 16.5. The van der Waals surface area contributed by atoms with Crippen molar-refractivity contribution in [2.24, 2.45) is 0 Å². The fraction of sp³-hybridized carbons (Fsp3) is 0.143. The molecule has 2 aromatic carbocycles. The lowest BCUT2D eigenvalue weighted by molar-refractivity contribution is 0.0457. The van der Waals surface area contributed by atoms with E-state index >= 15 is 0 Å². The molecule has 0 saturated carbocycles. The van der Waals surface area contributed by atoms with Crippen LogP contribution in [0.15, 0.2) is 73.1 Å². The van der Waals surface area contributed by atoms with Crippen molar-refractivity contribution in [1.29, 1.82) is 0 Å². The summed E-state index contributed by atoms with van der Waals surface area (Å²) < 4.78 is 5.24. The number of nitrogens with one attached hydrogen (secondary N) is 1. The van der Waals surface area contributed by atoms with Crippen LogP contribution in [0.3, 0.4) is 0 Å². The van der Waals surface area contributed by atoms with Crippen LogP contribution in [0.5, 0.6) is 0 Å². The Bertz CT molecular complexity index is 1170. The van der Waals surface area contributed by atoms with Gasteiger partial charge in [-0.1, -0.05) is 36.4 Å². The van der Waals surface area contributed by atoms with Gasteiger partial charge in [-0.25, -0.2) is 4.79 Å². The zero-order chi connectivity index (χ0) is 21.6. The Morgan fingerprint density at radius 1 is 0.871 bits per heavy atom. The zero-order valence-corrected chi connectivity index (χ0v) is 16.6. The second-order valence-electron chi connectivity index (χ2n) is 6.68. The van der Waals surface area contributed by atoms with Crippen molar-refractivity contribution in [3.8, 4) is 11.4 Å². The van der Waals surface area contributed by atoms with Crippen LogP contribution in [-0.4, -0.2) is 54.5 Å². The molecule has 4 rings (SSSR count). The van der Waals surface area contributed by atoms with Gasteiger partial charge in [0.15, 0.2) is 11.4 Å². The highest BCUT2D eigenvalue weighted by Crippen LogP contribution is 2.06. The molecule has 156 valence electrons. The molecule has 2 heterocycles. The lowest BCUT2D eigenvalue weighted by Gasteiger charge is -2.12. The van der Waals surface area contributed by atoms with Crippen LogP contribution in [0.4, 0.5) is 0 Å². The van der Waals surface area contributed by atoms with Gasteiger partial charge in [0.25, 0.3) is 5.91 Å². The van der Waals surface area contributed by atoms with E-state index in [4.69, 9.17) is 4.74 Å². The Hall–Kier alpha value is -4.34. The normalized spacial score (nSPS) is 11.6. The minimum absolute atomic E-state index is 0.0322. The third-order valence-electron chi connectivity index (χ3n) is 4.24. The molecule has 0 aliphatic carbocycles. The van der Waals surface area contributed by atoms with Gasteiger partial charge in [0.2, 0.25) is 0 Å². The first-order valence-electron chi connectivity index (χ1n) is 9.53. The topological polar surface area (TPSA) is 117 Å². The van der Waals surface area contributed by atoms with Crippen LogP contribution >= 0.6 is 0 Å². The molecule has 0 spiro atoms. The summed E-state index contributed by atoms with van der Waals surface area (Å²) in [5.41, 5.74) is 1.71. The Kier molecular flexibility index (Phi) is 5.79. The summed E-state index contributed by atoms with van der Waals surface area (Å²) in [4.78, 5) is 27.3. The summed E-state index contributed by atoms with van der Waals surface area (Å²) in [5.74, 6) is -1.04. The Morgan fingerprint density at radius 2 is 1.39 bits per heavy atom. The smallest absolute Gasteiger partial charge is 0.360 e. The van der Waals surface area contributed by atoms with E-state index in [1.165, 1.54) is 22.0 Å². The first-order chi connectivity index (χ1) is 15.1. The summed E-state index contributed by atoms with van der Waals surface area (Å²) in [5, 5.41) is 19.2. The maximum atomic E-state index is 12.4. The van der Waals surface area contributed by atoms with Crippen molar-refractivity contribution in [3.05, 3.63) is 84.4 Å². The molecule has 0 radical (unpaired) electrons. The van der Waals surface area contributed by atoms with E-state index in [1.807, 2.05) is 60.7 Å². The molecule has 0 aliphatic rings. The average molecular weight is 417 g/mol. The fourth-order valence-electron chi connectivity index (χ4n) is 2.71. The quantitative estimate of drug-likeness (QED) is 0.456. The van der Waals surface area contributed by atoms with Gasteiger partial charge >= 0.3 is 5.97 Å². The summed E-state index contributed by atoms with van der Waals surface area (Å²) in [6.45, 7) is 1.68. The highest BCUT2D eigenvalue weighted by Gasteiger charge is 2.18. The number of aromatic nitrogens is 6. The zero-order valence-electron chi connectivity index (χ0n) is 16.6. The van der Waals surface area contributed by atoms with E-state index in [2.05, 4.69) is 25.7 Å². The summed E-state index contributed by atoms with van der Waals surface area (Å²) in [6.07, 6.45) is 2.71. The van der Waals surface area contributed by atoms with Crippen LogP contribution in [0.1, 0.15) is 27.9 Å². The fourth-order valence-corrected chi connectivity index (χ4v) is 2.71. The summed E-state index contributed by atoms with van der Waals surface area (Å²) >= 11 is 0. The lowest BCUT2D eigenvalue weighted by Crippen LogP contribution is -2.36. The molecular weight excluding hydrogens is 398 g/mol. The maximum absolute atomic E-state index is 12.4. The third kappa shape index (κ3) is 4.81. The molecule has 1 atom stereocenters. The number of carbonyl (C=O) groups excluding carboxylic acids is 2. The van der Waals surface area contributed by atoms with Gasteiger partial charge in [-0.05, 0) is 31.2 Å². The van der Waals surface area contributed by atoms with Gasteiger partial charge in [-0.2, -0.15) is 19.8 Å². The van der Waals surface area contributed by atoms with Gasteiger partial charge in [-0.15, -0.1) is 10.2 Å². The first kappa shape index (κ1) is 20.0. The van der Waals surface area contributed by atoms with Gasteiger partial charge in [0.05, 0.1) is 29.8 Å². The molecule has 31 heavy (non-hydrogen) atoms. The Balaban J connectivity index is 1.30. The first-order valence-corrected chi connectivity index (χ1v) is 9.53. The monoisotopic (exact) mass is 417 g/mol. The van der Waals surface area contributed by atoms with E-state index in [-0.39, 0.29) is 18.0 Å². The second-order valence-corrected chi connectivity index (χ2v) is 6.68. The molecule has 2 aromatic heterocycles. The van der Waals surface area contributed by atoms with Gasteiger partial charge in [0.1, 0.15) is 6.61 Å². The number of nitrogens with zero attached hydrogens (tertiary/aromatic N) is 6. The molecule has 1 unspecified atom stereocenters. The largest absolute Gasteiger partial charge is 0.459 e. The minimum Gasteiger partial charge on any atom is -0.459 e. The van der Waals surface area contributed by atoms with Crippen LogP contribution in [0, 0.1) is 0 Å². The predicted octanol–water partition coefficient (Wildman–Crippen LogP) is 1.82. The van der Waals surface area contributed by atoms with Crippen molar-refractivity contribution >= 4 is 11.9 Å². The summed E-state index contributed by atoms with van der Waals surface area (Å²) in [6, 6.07) is 18.0. The van der Waals surface area contributed by atoms with Crippen molar-refractivity contribution < 1.29 is 14.3 Å². The third-order valence-corrected chi connectivity index (χ3v) is 4.24. The number of para-hydroxylation sites is 2. The number of rotatable bonds is 7. The maximum Gasteiger partial charge on any atom is 0.360 e. The number of hydrogen-bond donors (Lipinski definition) is 1. The molecular formula is C21H19N7O3. The standard InChI is InChI=1S/C21H19N7O3/c1-15(24-20(29)18-12-22-27(25-18)16-8-4-2-5-9-16)14-31-21(30)19-13-23-28(26-19)17-10-6-3-7-11-17/h2-13,15H,14H2,1H3,(H,24,29). The number of esters is 1. The molecule has 1 N–H and O–H groups in total. The SMILES string of the molecule is CC(COC(=O)c1cnn(-c2ccccc2)n1)NC(=O)c1cnn(-c2ccccc2)n1. The van der Waals surface area contributed by atoms with E-state index in [1.54, 1.807) is 6.92 Å². The van der Waals surface area contributed by atoms with Crippen LogP contribution in [-0.2, 0) is 4.74 Å². The molecule has 0 saturated heterocycles. The molecule has 0 fully saturated rings. The van der Waals surface area contributed by atoms with Crippen LogP contribution in [0.2, 0.25) is 0 Å². The van der Waals surface area contributed by atoms with Gasteiger partial charge in [-0.3, -0.25) is 4.79 Å². The summed E-state index contributed by atoms with van der Waals surface area (Å²) in [7, 11) is 0. The number of ether oxygens (including phenoxy) is 1. The van der Waals surface area contributed by atoms with Crippen LogP contribution < -0.4 is 5.32 Å². The molecule has 4 aromatic rings. The average Bonchev–Trinajstić information content (AvgIpc) is 3.49.